The first kappa shape index (κ1) is 9.89. The van der Waals surface area contributed by atoms with E-state index in [1.54, 1.807) is 0 Å². The lowest BCUT2D eigenvalue weighted by atomic mass is 10.1. The molecule has 0 aromatic carbocycles. The second-order valence-electron chi connectivity index (χ2n) is 4.00. The van der Waals surface area contributed by atoms with Crippen LogP contribution in [0.4, 0.5) is 0 Å². The quantitative estimate of drug-likeness (QED) is 0.463. The van der Waals surface area contributed by atoms with Gasteiger partial charge in [0, 0.05) is 26.2 Å². The fourth-order valence-corrected chi connectivity index (χ4v) is 2.24. The molecule has 2 rings (SSSR count). The predicted molar refractivity (Wildman–Crippen MR) is 51.8 cm³/mol. The topological polar surface area (TPSA) is 64.6 Å². The maximum atomic E-state index is 11.4. The number of hydrogen-bond donors (Lipinski definition) is 3. The average Bonchev–Trinajstić information content (AvgIpc) is 2.57. The number of hydrogen-bond acceptors (Lipinski definition) is 4. The molecule has 2 heterocycles. The number of piperazine rings is 1. The predicted octanol–water partition coefficient (Wildman–Crippen LogP) is -1.86. The monoisotopic (exact) mass is 199 g/mol. The van der Waals surface area contributed by atoms with Gasteiger partial charge in [0.15, 0.2) is 0 Å². The second-order valence-corrected chi connectivity index (χ2v) is 4.00. The molecule has 2 saturated heterocycles. The molecule has 14 heavy (non-hydrogen) atoms. The van der Waals surface area contributed by atoms with Crippen molar-refractivity contribution in [3.8, 4) is 0 Å². The van der Waals surface area contributed by atoms with Gasteiger partial charge in [0.2, 0.25) is 5.91 Å². The van der Waals surface area contributed by atoms with E-state index in [1.165, 1.54) is 0 Å². The van der Waals surface area contributed by atoms with Gasteiger partial charge in [-0.3, -0.25) is 9.69 Å². The molecule has 0 spiro atoms. The van der Waals surface area contributed by atoms with Gasteiger partial charge < -0.3 is 15.7 Å². The summed E-state index contributed by atoms with van der Waals surface area (Å²) in [5.74, 6) is 0.0651. The van der Waals surface area contributed by atoms with Gasteiger partial charge in [0.1, 0.15) is 0 Å². The van der Waals surface area contributed by atoms with E-state index in [0.29, 0.717) is 13.1 Å². The van der Waals surface area contributed by atoms with E-state index in [2.05, 4.69) is 15.5 Å². The molecule has 0 bridgehead atoms. The van der Waals surface area contributed by atoms with E-state index < -0.39 is 0 Å². The minimum absolute atomic E-state index is 0.0651. The molecule has 0 aliphatic carbocycles. The van der Waals surface area contributed by atoms with E-state index in [9.17, 15) is 9.90 Å². The zero-order chi connectivity index (χ0) is 10.1. The molecular formula is C9H17N3O2. The number of amides is 1. The number of carbonyl (C=O) groups excluding carboxylic acids is 1. The van der Waals surface area contributed by atoms with Crippen molar-refractivity contribution in [1.82, 2.24) is 15.5 Å². The summed E-state index contributed by atoms with van der Waals surface area (Å²) in [6, 6.07) is -0.0284. The smallest absolute Gasteiger partial charge is 0.237 e. The standard InChI is InChI=1S/C9H17N3O2/c1-6-9(14)11-2-3-12(6)7-4-10-5-8(7)13/h6-8,10,13H,2-5H2,1H3,(H,11,14)/t6?,7-,8-/m1/s1. The third-order valence-corrected chi connectivity index (χ3v) is 3.12. The Balaban J connectivity index is 2.05. The second kappa shape index (κ2) is 3.84. The van der Waals surface area contributed by atoms with Crippen molar-refractivity contribution in [2.75, 3.05) is 26.2 Å². The highest BCUT2D eigenvalue weighted by Crippen LogP contribution is 2.14. The number of nitrogens with zero attached hydrogens (tertiary/aromatic N) is 1. The van der Waals surface area contributed by atoms with Crippen LogP contribution in [0.5, 0.6) is 0 Å². The maximum Gasteiger partial charge on any atom is 0.237 e. The van der Waals surface area contributed by atoms with Gasteiger partial charge in [-0.2, -0.15) is 0 Å². The van der Waals surface area contributed by atoms with Gasteiger partial charge in [-0.25, -0.2) is 0 Å². The number of aliphatic hydroxyl groups is 1. The Kier molecular flexibility index (Phi) is 2.71. The summed E-state index contributed by atoms with van der Waals surface area (Å²) >= 11 is 0. The van der Waals surface area contributed by atoms with Gasteiger partial charge in [0.05, 0.1) is 18.2 Å². The Morgan fingerprint density at radius 1 is 1.50 bits per heavy atom. The molecule has 80 valence electrons. The Labute approximate surface area is 83.5 Å². The first-order chi connectivity index (χ1) is 6.70. The van der Waals surface area contributed by atoms with Crippen LogP contribution >= 0.6 is 0 Å². The highest BCUT2D eigenvalue weighted by atomic mass is 16.3. The third-order valence-electron chi connectivity index (χ3n) is 3.12. The molecule has 2 aliphatic rings. The number of carbonyl (C=O) groups is 1. The van der Waals surface area contributed by atoms with Crippen LogP contribution in [0.15, 0.2) is 0 Å². The fraction of sp³-hybridized carbons (Fsp3) is 0.889. The highest BCUT2D eigenvalue weighted by molar-refractivity contribution is 5.82. The molecule has 3 atom stereocenters. The maximum absolute atomic E-state index is 11.4. The van der Waals surface area contributed by atoms with Crippen LogP contribution in [0.1, 0.15) is 6.92 Å². The summed E-state index contributed by atoms with van der Waals surface area (Å²) < 4.78 is 0. The van der Waals surface area contributed by atoms with Gasteiger partial charge >= 0.3 is 0 Å². The molecule has 0 radical (unpaired) electrons. The Morgan fingerprint density at radius 2 is 2.29 bits per heavy atom. The summed E-state index contributed by atoms with van der Waals surface area (Å²) in [6.45, 7) is 4.82. The van der Waals surface area contributed by atoms with E-state index in [0.717, 1.165) is 13.1 Å². The van der Waals surface area contributed by atoms with Gasteiger partial charge in [-0.05, 0) is 6.92 Å². The fourth-order valence-electron chi connectivity index (χ4n) is 2.24. The van der Waals surface area contributed by atoms with Crippen LogP contribution < -0.4 is 10.6 Å². The first-order valence-corrected chi connectivity index (χ1v) is 5.12. The van der Waals surface area contributed by atoms with Gasteiger partial charge in [0.25, 0.3) is 0 Å². The molecule has 0 aromatic heterocycles. The van der Waals surface area contributed by atoms with E-state index in [1.807, 2.05) is 6.92 Å². The lowest BCUT2D eigenvalue weighted by Gasteiger charge is -2.38. The summed E-state index contributed by atoms with van der Waals surface area (Å²) in [5, 5.41) is 15.7. The Bertz CT molecular complexity index is 234. The van der Waals surface area contributed by atoms with E-state index in [-0.39, 0.29) is 24.1 Å². The van der Waals surface area contributed by atoms with Gasteiger partial charge in [-0.15, -0.1) is 0 Å². The number of β-amino-alcohol motifs (C(OH)–C–C–N with tert-alkyl or cyclic N) is 1. The molecule has 1 amide bonds. The molecule has 5 heteroatoms. The third kappa shape index (κ3) is 1.63. The van der Waals surface area contributed by atoms with Crippen LogP contribution in [-0.2, 0) is 4.79 Å². The van der Waals surface area contributed by atoms with Crippen LogP contribution in [0, 0.1) is 0 Å². The first-order valence-electron chi connectivity index (χ1n) is 5.12. The van der Waals surface area contributed by atoms with E-state index in [4.69, 9.17) is 0 Å². The summed E-state index contributed by atoms with van der Waals surface area (Å²) in [7, 11) is 0. The van der Waals surface area contributed by atoms with Crippen molar-refractivity contribution < 1.29 is 9.90 Å². The lowest BCUT2D eigenvalue weighted by Crippen LogP contribution is -2.59. The van der Waals surface area contributed by atoms with Crippen molar-refractivity contribution in [3.05, 3.63) is 0 Å². The number of aliphatic hydroxyl groups excluding tert-OH is 1. The van der Waals surface area contributed by atoms with Crippen LogP contribution in [0.25, 0.3) is 0 Å². The molecule has 0 saturated carbocycles. The van der Waals surface area contributed by atoms with Gasteiger partial charge in [-0.1, -0.05) is 0 Å². The Hall–Kier alpha value is -0.650. The summed E-state index contributed by atoms with van der Waals surface area (Å²) in [6.07, 6.45) is -0.344. The zero-order valence-electron chi connectivity index (χ0n) is 8.36. The minimum atomic E-state index is -0.344. The number of rotatable bonds is 1. The molecule has 1 unspecified atom stereocenters. The normalized spacial score (nSPS) is 39.9. The minimum Gasteiger partial charge on any atom is -0.390 e. The van der Waals surface area contributed by atoms with Crippen molar-refractivity contribution in [1.29, 1.82) is 0 Å². The van der Waals surface area contributed by atoms with Crippen LogP contribution in [0.2, 0.25) is 0 Å². The van der Waals surface area contributed by atoms with E-state index >= 15 is 0 Å². The summed E-state index contributed by atoms with van der Waals surface area (Å²) in [4.78, 5) is 13.5. The highest BCUT2D eigenvalue weighted by Gasteiger charge is 2.37. The molecule has 2 aliphatic heterocycles. The van der Waals surface area contributed by atoms with Crippen molar-refractivity contribution in [3.63, 3.8) is 0 Å². The number of nitrogens with one attached hydrogen (secondary N) is 2. The largest absolute Gasteiger partial charge is 0.390 e. The SMILES string of the molecule is CC1C(=O)NCCN1[C@@H]1CNC[C@H]1O. The lowest BCUT2D eigenvalue weighted by molar-refractivity contribution is -0.130. The van der Waals surface area contributed by atoms with Crippen molar-refractivity contribution in [2.45, 2.75) is 25.1 Å². The van der Waals surface area contributed by atoms with Crippen molar-refractivity contribution in [2.24, 2.45) is 0 Å². The molecule has 5 nitrogen and oxygen atoms in total. The average molecular weight is 199 g/mol. The van der Waals surface area contributed by atoms with Crippen LogP contribution in [-0.4, -0.2) is 60.3 Å². The molecule has 2 fully saturated rings. The van der Waals surface area contributed by atoms with Crippen LogP contribution in [0.3, 0.4) is 0 Å². The van der Waals surface area contributed by atoms with Crippen molar-refractivity contribution >= 4 is 5.91 Å². The summed E-state index contributed by atoms with van der Waals surface area (Å²) in [5.41, 5.74) is 0. The molecule has 3 N–H and O–H groups in total. The molecular weight excluding hydrogens is 182 g/mol. The zero-order valence-corrected chi connectivity index (χ0v) is 8.36. The molecule has 0 aromatic rings. The Morgan fingerprint density at radius 3 is 2.93 bits per heavy atom.